The van der Waals surface area contributed by atoms with E-state index < -0.39 is 26.2 Å². The van der Waals surface area contributed by atoms with E-state index in [1.807, 2.05) is 6.92 Å². The second-order valence-corrected chi connectivity index (χ2v) is 11.7. The number of nitrogens with zero attached hydrogens (tertiary/aromatic N) is 1. The molecule has 0 bridgehead atoms. The van der Waals surface area contributed by atoms with E-state index in [2.05, 4.69) is 19.6 Å². The highest BCUT2D eigenvalue weighted by Gasteiger charge is 2.27. The number of rotatable bonds is 8. The first-order valence-electron chi connectivity index (χ1n) is 6.81. The monoisotopic (exact) mass is 289 g/mol. The predicted molar refractivity (Wildman–Crippen MR) is 78.2 cm³/mol. The summed E-state index contributed by atoms with van der Waals surface area (Å²) in [7, 11) is 0.250. The van der Waals surface area contributed by atoms with Crippen molar-refractivity contribution in [2.45, 2.75) is 57.9 Å². The van der Waals surface area contributed by atoms with E-state index in [0.29, 0.717) is 13.0 Å². The Balaban J connectivity index is 4.30. The van der Waals surface area contributed by atoms with Crippen LogP contribution in [0.1, 0.15) is 26.2 Å². The average Bonchev–Trinajstić information content (AvgIpc) is 2.26. The van der Waals surface area contributed by atoms with Gasteiger partial charge in [-0.15, -0.1) is 0 Å². The van der Waals surface area contributed by atoms with Crippen molar-refractivity contribution in [3.8, 4) is 0 Å². The molecule has 0 aromatic carbocycles. The molecule has 19 heavy (non-hydrogen) atoms. The number of carboxylic acid groups (broad SMARTS) is 1. The van der Waals surface area contributed by atoms with Gasteiger partial charge in [-0.25, -0.2) is 9.59 Å². The number of hydrogen-bond donors (Lipinski definition) is 1. The highest BCUT2D eigenvalue weighted by molar-refractivity contribution is 6.76. The van der Waals surface area contributed by atoms with Gasteiger partial charge in [0.1, 0.15) is 6.04 Å². The summed E-state index contributed by atoms with van der Waals surface area (Å²) in [5, 5.41) is 9.13. The Hall–Kier alpha value is -1.04. The molecule has 112 valence electrons. The Morgan fingerprint density at radius 3 is 2.32 bits per heavy atom. The van der Waals surface area contributed by atoms with Crippen molar-refractivity contribution in [3.05, 3.63) is 0 Å². The van der Waals surface area contributed by atoms with Crippen LogP contribution in [-0.4, -0.2) is 49.8 Å². The van der Waals surface area contributed by atoms with Gasteiger partial charge in [0.05, 0.1) is 6.61 Å². The second-order valence-electron chi connectivity index (χ2n) is 6.03. The van der Waals surface area contributed by atoms with Crippen molar-refractivity contribution in [2.75, 3.05) is 13.7 Å². The maximum atomic E-state index is 11.8. The summed E-state index contributed by atoms with van der Waals surface area (Å²) in [6.07, 6.45) is 1.61. The zero-order chi connectivity index (χ0) is 15.1. The first-order chi connectivity index (χ1) is 8.69. The largest absolute Gasteiger partial charge is 0.480 e. The molecule has 6 heteroatoms. The van der Waals surface area contributed by atoms with Crippen molar-refractivity contribution < 1.29 is 19.4 Å². The molecule has 0 heterocycles. The Morgan fingerprint density at radius 2 is 1.89 bits per heavy atom. The minimum absolute atomic E-state index is 0.374. The standard InChI is InChI=1S/C13H27NO4Si/c1-6-7-8-11(12(15)16)14(2)13(17)18-9-10-19(3,4)5/h11H,6-10H2,1-5H3,(H,15,16)/t11-/m0/s1. The van der Waals surface area contributed by atoms with E-state index in [9.17, 15) is 9.59 Å². The minimum atomic E-state index is -1.24. The summed E-state index contributed by atoms with van der Waals surface area (Å²) >= 11 is 0. The van der Waals surface area contributed by atoms with E-state index in [0.717, 1.165) is 18.9 Å². The maximum absolute atomic E-state index is 11.8. The summed E-state index contributed by atoms with van der Waals surface area (Å²) in [4.78, 5) is 24.1. The van der Waals surface area contributed by atoms with E-state index in [4.69, 9.17) is 9.84 Å². The number of carbonyl (C=O) groups is 2. The molecule has 0 radical (unpaired) electrons. The predicted octanol–water partition coefficient (Wildman–Crippen LogP) is 3.04. The summed E-state index contributed by atoms with van der Waals surface area (Å²) in [5.41, 5.74) is 0. The van der Waals surface area contributed by atoms with Gasteiger partial charge >= 0.3 is 12.1 Å². The fourth-order valence-corrected chi connectivity index (χ4v) is 2.27. The zero-order valence-corrected chi connectivity index (χ0v) is 13.7. The lowest BCUT2D eigenvalue weighted by Gasteiger charge is -2.25. The van der Waals surface area contributed by atoms with Gasteiger partial charge in [0.15, 0.2) is 0 Å². The molecular formula is C13H27NO4Si. The van der Waals surface area contributed by atoms with Gasteiger partial charge in [-0.3, -0.25) is 4.90 Å². The molecule has 0 aromatic heterocycles. The third-order valence-corrected chi connectivity index (χ3v) is 4.65. The maximum Gasteiger partial charge on any atom is 0.410 e. The smallest absolute Gasteiger partial charge is 0.410 e. The average molecular weight is 289 g/mol. The van der Waals surface area contributed by atoms with Crippen LogP contribution in [0.25, 0.3) is 0 Å². The topological polar surface area (TPSA) is 66.8 Å². The molecule has 1 amide bonds. The molecule has 0 aliphatic heterocycles. The fourth-order valence-electron chi connectivity index (χ4n) is 1.55. The third-order valence-electron chi connectivity index (χ3n) is 2.95. The number of hydrogen-bond acceptors (Lipinski definition) is 3. The van der Waals surface area contributed by atoms with Crippen molar-refractivity contribution in [1.82, 2.24) is 4.90 Å². The summed E-state index contributed by atoms with van der Waals surface area (Å²) < 4.78 is 5.15. The van der Waals surface area contributed by atoms with Gasteiger partial charge < -0.3 is 9.84 Å². The molecule has 0 spiro atoms. The molecule has 0 aliphatic carbocycles. The van der Waals surface area contributed by atoms with Gasteiger partial charge in [-0.05, 0) is 12.5 Å². The van der Waals surface area contributed by atoms with Crippen LogP contribution in [-0.2, 0) is 9.53 Å². The van der Waals surface area contributed by atoms with Crippen molar-refractivity contribution in [2.24, 2.45) is 0 Å². The molecule has 0 aliphatic rings. The Morgan fingerprint density at radius 1 is 1.32 bits per heavy atom. The lowest BCUT2D eigenvalue weighted by Crippen LogP contribution is -2.43. The fraction of sp³-hybridized carbons (Fsp3) is 0.846. The van der Waals surface area contributed by atoms with Crippen LogP contribution in [0, 0.1) is 0 Å². The molecule has 0 saturated carbocycles. The van der Waals surface area contributed by atoms with Crippen molar-refractivity contribution in [1.29, 1.82) is 0 Å². The van der Waals surface area contributed by atoms with Crippen LogP contribution in [0.4, 0.5) is 4.79 Å². The first-order valence-corrected chi connectivity index (χ1v) is 10.5. The first kappa shape index (κ1) is 18.0. The molecule has 1 N–H and O–H groups in total. The molecule has 5 nitrogen and oxygen atoms in total. The van der Waals surface area contributed by atoms with Crippen molar-refractivity contribution >= 4 is 20.1 Å². The van der Waals surface area contributed by atoms with Crippen LogP contribution in [0.2, 0.25) is 25.7 Å². The SMILES string of the molecule is CCCC[C@@H](C(=O)O)N(C)C(=O)OCC[Si](C)(C)C. The number of carboxylic acids is 1. The van der Waals surface area contributed by atoms with E-state index >= 15 is 0 Å². The van der Waals surface area contributed by atoms with Crippen LogP contribution in [0.3, 0.4) is 0 Å². The third kappa shape index (κ3) is 7.87. The molecule has 0 fully saturated rings. The lowest BCUT2D eigenvalue weighted by molar-refractivity contribution is -0.142. The number of likely N-dealkylation sites (N-methyl/N-ethyl adjacent to an activating group) is 1. The number of ether oxygens (including phenoxy) is 1. The molecule has 0 unspecified atom stereocenters. The Labute approximate surface area is 116 Å². The molecule has 0 rings (SSSR count). The van der Waals surface area contributed by atoms with Crippen LogP contribution in [0.5, 0.6) is 0 Å². The Bertz CT molecular complexity index is 302. The van der Waals surface area contributed by atoms with Crippen molar-refractivity contribution in [3.63, 3.8) is 0 Å². The van der Waals surface area contributed by atoms with E-state index in [1.54, 1.807) is 0 Å². The summed E-state index contributed by atoms with van der Waals surface area (Å²) in [6.45, 7) is 8.97. The number of amides is 1. The number of carbonyl (C=O) groups excluding carboxylic acids is 1. The number of unbranched alkanes of at least 4 members (excludes halogenated alkanes) is 1. The lowest BCUT2D eigenvalue weighted by atomic mass is 10.1. The van der Waals surface area contributed by atoms with Crippen LogP contribution >= 0.6 is 0 Å². The van der Waals surface area contributed by atoms with E-state index in [-0.39, 0.29) is 0 Å². The Kier molecular flexibility index (Phi) is 7.74. The minimum Gasteiger partial charge on any atom is -0.480 e. The highest BCUT2D eigenvalue weighted by Crippen LogP contribution is 2.11. The number of aliphatic carboxylic acids is 1. The molecular weight excluding hydrogens is 262 g/mol. The highest BCUT2D eigenvalue weighted by atomic mass is 28.3. The molecule has 0 aromatic rings. The molecule has 1 atom stereocenters. The van der Waals surface area contributed by atoms with Gasteiger partial charge in [0, 0.05) is 15.1 Å². The van der Waals surface area contributed by atoms with Gasteiger partial charge in [0.25, 0.3) is 0 Å². The zero-order valence-electron chi connectivity index (χ0n) is 12.7. The summed E-state index contributed by atoms with van der Waals surface area (Å²) in [6, 6.07) is 0.0959. The van der Waals surface area contributed by atoms with E-state index in [1.165, 1.54) is 11.9 Å². The van der Waals surface area contributed by atoms with Crippen LogP contribution in [0.15, 0.2) is 0 Å². The summed E-state index contributed by atoms with van der Waals surface area (Å²) in [5.74, 6) is -0.974. The quantitative estimate of drug-likeness (QED) is 0.697. The second kappa shape index (κ2) is 8.19. The van der Waals surface area contributed by atoms with Gasteiger partial charge in [0.2, 0.25) is 0 Å². The van der Waals surface area contributed by atoms with Gasteiger partial charge in [-0.2, -0.15) is 0 Å². The normalized spacial score (nSPS) is 12.9. The molecule has 0 saturated heterocycles. The van der Waals surface area contributed by atoms with Crippen LogP contribution < -0.4 is 0 Å². The van der Waals surface area contributed by atoms with Gasteiger partial charge in [-0.1, -0.05) is 39.4 Å².